The van der Waals surface area contributed by atoms with Gasteiger partial charge < -0.3 is 4.90 Å². The van der Waals surface area contributed by atoms with Crippen LogP contribution in [0.25, 0.3) is 6.08 Å². The molecule has 0 atom stereocenters. The van der Waals surface area contributed by atoms with E-state index in [-0.39, 0.29) is 5.56 Å². The van der Waals surface area contributed by atoms with Gasteiger partial charge in [-0.1, -0.05) is 36.4 Å². The minimum atomic E-state index is -4.47. The summed E-state index contributed by atoms with van der Waals surface area (Å²) in [6.45, 7) is 0. The predicted octanol–water partition coefficient (Wildman–Crippen LogP) is 4.94. The quantitative estimate of drug-likeness (QED) is 0.575. The summed E-state index contributed by atoms with van der Waals surface area (Å²) in [7, 11) is 1.81. The van der Waals surface area contributed by atoms with Gasteiger partial charge in [0.25, 0.3) is 0 Å². The SMILES string of the molecule is CN1/C(=C\C(=O)c2cccc(C(F)(F)F)c2)C=Cc2ccccc21. The topological polar surface area (TPSA) is 20.3 Å². The molecule has 2 nitrogen and oxygen atoms in total. The number of fused-ring (bicyclic) bond motifs is 1. The largest absolute Gasteiger partial charge is 0.416 e. The van der Waals surface area contributed by atoms with Gasteiger partial charge in [-0.2, -0.15) is 13.2 Å². The normalized spacial score (nSPS) is 15.5. The first-order chi connectivity index (χ1) is 11.4. The number of carbonyl (C=O) groups excluding carboxylic acids is 1. The fourth-order valence-electron chi connectivity index (χ4n) is 2.57. The zero-order valence-electron chi connectivity index (χ0n) is 12.8. The molecule has 1 aliphatic heterocycles. The summed E-state index contributed by atoms with van der Waals surface area (Å²) in [6, 6.07) is 12.1. The van der Waals surface area contributed by atoms with E-state index in [1.165, 1.54) is 18.2 Å². The standard InChI is InChI=1S/C19H14F3NO/c1-23-16(10-9-13-5-2-3-8-17(13)23)12-18(24)14-6-4-7-15(11-14)19(20,21)22/h2-12H,1H3/b16-12-. The lowest BCUT2D eigenvalue weighted by molar-refractivity contribution is -0.137. The molecule has 0 unspecified atom stereocenters. The number of ketones is 1. The Bertz CT molecular complexity index is 850. The molecule has 5 heteroatoms. The summed E-state index contributed by atoms with van der Waals surface area (Å²) < 4.78 is 38.3. The maximum Gasteiger partial charge on any atom is 0.416 e. The van der Waals surface area contributed by atoms with Gasteiger partial charge in [-0.05, 0) is 29.8 Å². The highest BCUT2D eigenvalue weighted by Crippen LogP contribution is 2.31. The van der Waals surface area contributed by atoms with Crippen LogP contribution in [0.4, 0.5) is 18.9 Å². The van der Waals surface area contributed by atoms with Crippen LogP contribution in [0, 0.1) is 0 Å². The third kappa shape index (κ3) is 3.11. The zero-order chi connectivity index (χ0) is 17.3. The van der Waals surface area contributed by atoms with Crippen molar-refractivity contribution in [1.29, 1.82) is 0 Å². The van der Waals surface area contributed by atoms with Crippen molar-refractivity contribution < 1.29 is 18.0 Å². The average Bonchev–Trinajstić information content (AvgIpc) is 2.57. The van der Waals surface area contributed by atoms with E-state index >= 15 is 0 Å². The summed E-state index contributed by atoms with van der Waals surface area (Å²) in [5.74, 6) is -0.466. The number of anilines is 1. The molecule has 0 radical (unpaired) electrons. The first-order valence-corrected chi connectivity index (χ1v) is 7.30. The van der Waals surface area contributed by atoms with Gasteiger partial charge in [-0.15, -0.1) is 0 Å². The second kappa shape index (κ2) is 6.00. The predicted molar refractivity (Wildman–Crippen MR) is 87.7 cm³/mol. The molecule has 0 bridgehead atoms. The van der Waals surface area contributed by atoms with Gasteiger partial charge in [0.05, 0.1) is 5.56 Å². The third-order valence-corrected chi connectivity index (χ3v) is 3.87. The molecular formula is C19H14F3NO. The van der Waals surface area contributed by atoms with Crippen molar-refractivity contribution in [2.75, 3.05) is 11.9 Å². The minimum absolute atomic E-state index is 0.0120. The number of rotatable bonds is 2. The number of hydrogen-bond acceptors (Lipinski definition) is 2. The Balaban J connectivity index is 1.92. The van der Waals surface area contributed by atoms with Crippen molar-refractivity contribution in [2.45, 2.75) is 6.18 Å². The molecule has 24 heavy (non-hydrogen) atoms. The Labute approximate surface area is 137 Å². The monoisotopic (exact) mass is 329 g/mol. The van der Waals surface area contributed by atoms with Crippen LogP contribution in [0.15, 0.2) is 66.4 Å². The average molecular weight is 329 g/mol. The molecule has 0 aliphatic carbocycles. The van der Waals surface area contributed by atoms with E-state index in [1.807, 2.05) is 42.3 Å². The van der Waals surface area contributed by atoms with Crippen molar-refractivity contribution in [3.8, 4) is 0 Å². The number of para-hydroxylation sites is 1. The maximum atomic E-state index is 12.8. The molecule has 3 rings (SSSR count). The fourth-order valence-corrected chi connectivity index (χ4v) is 2.57. The number of benzene rings is 2. The van der Waals surface area contributed by atoms with Crippen LogP contribution >= 0.6 is 0 Å². The number of likely N-dealkylation sites (N-methyl/N-ethyl adjacent to an activating group) is 1. The van der Waals surface area contributed by atoms with Crippen molar-refractivity contribution in [3.05, 3.63) is 83.1 Å². The van der Waals surface area contributed by atoms with E-state index in [0.29, 0.717) is 5.70 Å². The molecular weight excluding hydrogens is 315 g/mol. The number of alkyl halides is 3. The van der Waals surface area contributed by atoms with Crippen LogP contribution in [0.2, 0.25) is 0 Å². The summed E-state index contributed by atoms with van der Waals surface area (Å²) in [5, 5.41) is 0. The van der Waals surface area contributed by atoms with Crippen LogP contribution in [0.5, 0.6) is 0 Å². The molecule has 1 heterocycles. The summed E-state index contributed by atoms with van der Waals surface area (Å²) in [4.78, 5) is 14.2. The molecule has 2 aromatic carbocycles. The highest BCUT2D eigenvalue weighted by atomic mass is 19.4. The van der Waals surface area contributed by atoms with Gasteiger partial charge >= 0.3 is 6.18 Å². The van der Waals surface area contributed by atoms with Gasteiger partial charge in [0.15, 0.2) is 5.78 Å². The van der Waals surface area contributed by atoms with Crippen molar-refractivity contribution >= 4 is 17.5 Å². The molecule has 2 aromatic rings. The smallest absolute Gasteiger partial charge is 0.344 e. The van der Waals surface area contributed by atoms with Gasteiger partial charge in [0.2, 0.25) is 0 Å². The van der Waals surface area contributed by atoms with Crippen LogP contribution < -0.4 is 4.90 Å². The number of hydrogen-bond donors (Lipinski definition) is 0. The van der Waals surface area contributed by atoms with Crippen LogP contribution in [-0.4, -0.2) is 12.8 Å². The van der Waals surface area contributed by atoms with Crippen molar-refractivity contribution in [2.24, 2.45) is 0 Å². The highest BCUT2D eigenvalue weighted by molar-refractivity contribution is 6.06. The first-order valence-electron chi connectivity index (χ1n) is 7.30. The van der Waals surface area contributed by atoms with E-state index in [0.717, 1.165) is 23.4 Å². The lowest BCUT2D eigenvalue weighted by Crippen LogP contribution is -2.19. The summed E-state index contributed by atoms with van der Waals surface area (Å²) in [5.41, 5.74) is 1.76. The highest BCUT2D eigenvalue weighted by Gasteiger charge is 2.30. The lowest BCUT2D eigenvalue weighted by Gasteiger charge is -2.26. The van der Waals surface area contributed by atoms with E-state index in [1.54, 1.807) is 6.08 Å². The molecule has 0 saturated heterocycles. The van der Waals surface area contributed by atoms with Crippen LogP contribution in [-0.2, 0) is 6.18 Å². The molecule has 0 amide bonds. The Morgan fingerprint density at radius 3 is 2.54 bits per heavy atom. The summed E-state index contributed by atoms with van der Waals surface area (Å²) in [6.07, 6.45) is 0.528. The van der Waals surface area contributed by atoms with Gasteiger partial charge in [-0.3, -0.25) is 4.79 Å². The molecule has 0 saturated carbocycles. The van der Waals surface area contributed by atoms with E-state index in [9.17, 15) is 18.0 Å². The Morgan fingerprint density at radius 1 is 1.04 bits per heavy atom. The molecule has 1 aliphatic rings. The number of halogens is 3. The third-order valence-electron chi connectivity index (χ3n) is 3.87. The van der Waals surface area contributed by atoms with Crippen LogP contribution in [0.1, 0.15) is 21.5 Å². The first kappa shape index (κ1) is 16.1. The van der Waals surface area contributed by atoms with Crippen LogP contribution in [0.3, 0.4) is 0 Å². The second-order valence-electron chi connectivity index (χ2n) is 5.46. The molecule has 0 fully saturated rings. The Morgan fingerprint density at radius 2 is 1.79 bits per heavy atom. The van der Waals surface area contributed by atoms with Gasteiger partial charge in [0.1, 0.15) is 0 Å². The zero-order valence-corrected chi connectivity index (χ0v) is 12.8. The minimum Gasteiger partial charge on any atom is -0.344 e. The molecule has 122 valence electrons. The summed E-state index contributed by atoms with van der Waals surface area (Å²) >= 11 is 0. The van der Waals surface area contributed by atoms with Crippen molar-refractivity contribution in [1.82, 2.24) is 0 Å². The maximum absolute atomic E-state index is 12.8. The molecule has 0 spiro atoms. The fraction of sp³-hybridized carbons (Fsp3) is 0.105. The molecule has 0 N–H and O–H groups in total. The van der Waals surface area contributed by atoms with Gasteiger partial charge in [0, 0.05) is 30.1 Å². The Kier molecular flexibility index (Phi) is 4.01. The van der Waals surface area contributed by atoms with E-state index in [4.69, 9.17) is 0 Å². The Hall–Kier alpha value is -2.82. The van der Waals surface area contributed by atoms with E-state index < -0.39 is 17.5 Å². The number of nitrogens with zero attached hydrogens (tertiary/aromatic N) is 1. The van der Waals surface area contributed by atoms with E-state index in [2.05, 4.69) is 0 Å². The number of allylic oxidation sites excluding steroid dienone is 2. The lowest BCUT2D eigenvalue weighted by atomic mass is 10.0. The molecule has 0 aromatic heterocycles. The second-order valence-corrected chi connectivity index (χ2v) is 5.46. The number of carbonyl (C=O) groups is 1. The van der Waals surface area contributed by atoms with Crippen molar-refractivity contribution in [3.63, 3.8) is 0 Å². The van der Waals surface area contributed by atoms with Gasteiger partial charge in [-0.25, -0.2) is 0 Å².